The lowest BCUT2D eigenvalue weighted by atomic mass is 10.1. The van der Waals surface area contributed by atoms with Crippen LogP contribution in [0.4, 0.5) is 0 Å². The number of rotatable bonds is 6. The zero-order valence-corrected chi connectivity index (χ0v) is 8.82. The number of aliphatic hydroxyl groups is 1. The van der Waals surface area contributed by atoms with Crippen molar-refractivity contribution in [1.29, 1.82) is 0 Å². The van der Waals surface area contributed by atoms with Crippen LogP contribution in [0.3, 0.4) is 0 Å². The minimum absolute atomic E-state index is 0.301. The molecule has 0 radical (unpaired) electrons. The van der Waals surface area contributed by atoms with E-state index in [1.807, 2.05) is 24.5 Å². The van der Waals surface area contributed by atoms with Gasteiger partial charge in [-0.25, -0.2) is 0 Å². The summed E-state index contributed by atoms with van der Waals surface area (Å²) in [4.78, 5) is 0. The Bertz CT molecular complexity index is 278. The number of hydrogen-bond acceptors (Lipinski definition) is 1. The molecule has 1 N–H and O–H groups in total. The van der Waals surface area contributed by atoms with E-state index in [2.05, 4.69) is 18.1 Å². The minimum Gasteiger partial charge on any atom is -0.388 e. The Morgan fingerprint density at radius 3 is 3.07 bits per heavy atom. The van der Waals surface area contributed by atoms with Crippen molar-refractivity contribution in [1.82, 2.24) is 4.57 Å². The van der Waals surface area contributed by atoms with Gasteiger partial charge in [0.2, 0.25) is 0 Å². The summed E-state index contributed by atoms with van der Waals surface area (Å²) in [5.41, 5.74) is 1.02. The van der Waals surface area contributed by atoms with Crippen molar-refractivity contribution in [2.75, 3.05) is 0 Å². The SMILES string of the molecule is C=CCCn1ccc(C(O)CCC)c1. The Kier molecular flexibility index (Phi) is 4.47. The van der Waals surface area contributed by atoms with E-state index in [4.69, 9.17) is 0 Å². The van der Waals surface area contributed by atoms with Crippen molar-refractivity contribution in [2.24, 2.45) is 0 Å². The molecular weight excluding hydrogens is 174 g/mol. The van der Waals surface area contributed by atoms with Crippen LogP contribution in [-0.4, -0.2) is 9.67 Å². The molecule has 0 bridgehead atoms. The fraction of sp³-hybridized carbons (Fsp3) is 0.500. The number of nitrogens with zero attached hydrogens (tertiary/aromatic N) is 1. The average Bonchev–Trinajstić information content (AvgIpc) is 2.63. The number of aromatic nitrogens is 1. The summed E-state index contributed by atoms with van der Waals surface area (Å²) < 4.78 is 2.09. The lowest BCUT2D eigenvalue weighted by Crippen LogP contribution is -1.96. The molecule has 0 aliphatic carbocycles. The standard InChI is InChI=1S/C12H19NO/c1-3-5-8-13-9-7-11(10-13)12(14)6-4-2/h3,7,9-10,12,14H,1,4-6,8H2,2H3. The van der Waals surface area contributed by atoms with Crippen LogP contribution in [0.1, 0.15) is 37.9 Å². The molecule has 0 saturated carbocycles. The topological polar surface area (TPSA) is 25.2 Å². The second kappa shape index (κ2) is 5.66. The van der Waals surface area contributed by atoms with Crippen molar-refractivity contribution in [3.05, 3.63) is 36.7 Å². The molecule has 14 heavy (non-hydrogen) atoms. The normalized spacial score (nSPS) is 12.7. The van der Waals surface area contributed by atoms with Gasteiger partial charge in [-0.1, -0.05) is 19.4 Å². The van der Waals surface area contributed by atoms with Gasteiger partial charge in [0, 0.05) is 18.9 Å². The van der Waals surface area contributed by atoms with E-state index in [1.165, 1.54) is 0 Å². The van der Waals surface area contributed by atoms with Gasteiger partial charge >= 0.3 is 0 Å². The zero-order valence-electron chi connectivity index (χ0n) is 8.82. The molecule has 0 aliphatic heterocycles. The van der Waals surface area contributed by atoms with Gasteiger partial charge in [-0.3, -0.25) is 0 Å². The first kappa shape index (κ1) is 11.1. The predicted molar refractivity (Wildman–Crippen MR) is 59.1 cm³/mol. The van der Waals surface area contributed by atoms with E-state index in [1.54, 1.807) is 0 Å². The van der Waals surface area contributed by atoms with Crippen LogP contribution in [0.2, 0.25) is 0 Å². The molecule has 1 aromatic rings. The maximum atomic E-state index is 9.73. The highest BCUT2D eigenvalue weighted by Gasteiger charge is 2.06. The zero-order chi connectivity index (χ0) is 10.4. The van der Waals surface area contributed by atoms with Gasteiger partial charge in [0.05, 0.1) is 6.10 Å². The van der Waals surface area contributed by atoms with Crippen LogP contribution in [-0.2, 0) is 6.54 Å². The van der Waals surface area contributed by atoms with Crippen LogP contribution in [0, 0.1) is 0 Å². The Hall–Kier alpha value is -1.02. The van der Waals surface area contributed by atoms with Crippen LogP contribution < -0.4 is 0 Å². The van der Waals surface area contributed by atoms with Crippen LogP contribution in [0.25, 0.3) is 0 Å². The average molecular weight is 193 g/mol. The third-order valence-corrected chi connectivity index (χ3v) is 2.31. The Balaban J connectivity index is 2.53. The van der Waals surface area contributed by atoms with Crippen molar-refractivity contribution in [3.63, 3.8) is 0 Å². The Labute approximate surface area is 85.9 Å². The van der Waals surface area contributed by atoms with Gasteiger partial charge in [-0.15, -0.1) is 6.58 Å². The van der Waals surface area contributed by atoms with Gasteiger partial charge < -0.3 is 9.67 Å². The molecule has 1 atom stereocenters. The maximum Gasteiger partial charge on any atom is 0.0804 e. The maximum absolute atomic E-state index is 9.73. The number of aliphatic hydroxyl groups excluding tert-OH is 1. The van der Waals surface area contributed by atoms with Crippen molar-refractivity contribution >= 4 is 0 Å². The van der Waals surface area contributed by atoms with Crippen LogP contribution in [0.5, 0.6) is 0 Å². The van der Waals surface area contributed by atoms with Crippen molar-refractivity contribution in [2.45, 2.75) is 38.8 Å². The smallest absolute Gasteiger partial charge is 0.0804 e. The monoisotopic (exact) mass is 193 g/mol. The molecule has 0 aromatic carbocycles. The number of aryl methyl sites for hydroxylation is 1. The first-order chi connectivity index (χ1) is 6.77. The molecule has 78 valence electrons. The molecule has 1 unspecified atom stereocenters. The molecule has 1 rings (SSSR count). The highest BCUT2D eigenvalue weighted by atomic mass is 16.3. The van der Waals surface area contributed by atoms with Gasteiger partial charge in [-0.05, 0) is 24.5 Å². The minimum atomic E-state index is -0.301. The lowest BCUT2D eigenvalue weighted by Gasteiger charge is -2.06. The van der Waals surface area contributed by atoms with Crippen LogP contribution in [0.15, 0.2) is 31.1 Å². The first-order valence-electron chi connectivity index (χ1n) is 5.22. The van der Waals surface area contributed by atoms with E-state index in [-0.39, 0.29) is 6.10 Å². The van der Waals surface area contributed by atoms with Gasteiger partial charge in [0.1, 0.15) is 0 Å². The molecule has 0 fully saturated rings. The quantitative estimate of drug-likeness (QED) is 0.690. The van der Waals surface area contributed by atoms with Crippen molar-refractivity contribution < 1.29 is 5.11 Å². The lowest BCUT2D eigenvalue weighted by molar-refractivity contribution is 0.166. The van der Waals surface area contributed by atoms with Gasteiger partial charge in [-0.2, -0.15) is 0 Å². The third-order valence-electron chi connectivity index (χ3n) is 2.31. The summed E-state index contributed by atoms with van der Waals surface area (Å²) in [7, 11) is 0. The molecular formula is C12H19NO. The van der Waals surface area contributed by atoms with E-state index in [0.29, 0.717) is 0 Å². The highest BCUT2D eigenvalue weighted by Crippen LogP contribution is 2.18. The molecule has 0 amide bonds. The van der Waals surface area contributed by atoms with Gasteiger partial charge in [0.15, 0.2) is 0 Å². The largest absolute Gasteiger partial charge is 0.388 e. The highest BCUT2D eigenvalue weighted by molar-refractivity contribution is 5.13. The van der Waals surface area contributed by atoms with E-state index >= 15 is 0 Å². The summed E-state index contributed by atoms with van der Waals surface area (Å²) in [6.45, 7) is 6.71. The summed E-state index contributed by atoms with van der Waals surface area (Å²) in [6, 6.07) is 1.99. The fourth-order valence-electron chi connectivity index (χ4n) is 1.48. The molecule has 2 heteroatoms. The summed E-state index contributed by atoms with van der Waals surface area (Å²) in [5, 5.41) is 9.73. The number of allylic oxidation sites excluding steroid dienone is 1. The summed E-state index contributed by atoms with van der Waals surface area (Å²) in [6.07, 6.45) is 8.46. The van der Waals surface area contributed by atoms with Gasteiger partial charge in [0.25, 0.3) is 0 Å². The van der Waals surface area contributed by atoms with E-state index < -0.39 is 0 Å². The second-order valence-electron chi connectivity index (χ2n) is 3.56. The fourth-order valence-corrected chi connectivity index (χ4v) is 1.48. The van der Waals surface area contributed by atoms with E-state index in [9.17, 15) is 5.11 Å². The first-order valence-corrected chi connectivity index (χ1v) is 5.22. The predicted octanol–water partition coefficient (Wildman–Crippen LogP) is 2.90. The molecule has 1 heterocycles. The number of hydrogen-bond donors (Lipinski definition) is 1. The molecule has 2 nitrogen and oxygen atoms in total. The molecule has 0 saturated heterocycles. The summed E-state index contributed by atoms with van der Waals surface area (Å²) >= 11 is 0. The Morgan fingerprint density at radius 1 is 1.64 bits per heavy atom. The molecule has 0 aliphatic rings. The van der Waals surface area contributed by atoms with E-state index in [0.717, 1.165) is 31.4 Å². The van der Waals surface area contributed by atoms with Crippen LogP contribution >= 0.6 is 0 Å². The third kappa shape index (κ3) is 3.04. The Morgan fingerprint density at radius 2 is 2.43 bits per heavy atom. The second-order valence-corrected chi connectivity index (χ2v) is 3.56. The molecule has 0 spiro atoms. The molecule has 1 aromatic heterocycles. The summed E-state index contributed by atoms with van der Waals surface area (Å²) in [5.74, 6) is 0. The van der Waals surface area contributed by atoms with Crippen molar-refractivity contribution in [3.8, 4) is 0 Å².